The zero-order valence-electron chi connectivity index (χ0n) is 14.8. The van der Waals surface area contributed by atoms with Crippen molar-refractivity contribution < 1.29 is 0 Å². The van der Waals surface area contributed by atoms with Crippen LogP contribution in [-0.2, 0) is 6.42 Å². The summed E-state index contributed by atoms with van der Waals surface area (Å²) in [5.41, 5.74) is 5.77. The Balaban J connectivity index is 1.62. The quantitative estimate of drug-likeness (QED) is 0.658. The first kappa shape index (κ1) is 17.1. The van der Waals surface area contributed by atoms with Gasteiger partial charge in [-0.05, 0) is 72.6 Å². The first-order chi connectivity index (χ1) is 12.3. The Kier molecular flexibility index (Phi) is 5.71. The van der Waals surface area contributed by atoms with Gasteiger partial charge in [-0.25, -0.2) is 0 Å². The van der Waals surface area contributed by atoms with Gasteiger partial charge in [0.05, 0.1) is 11.6 Å². The number of hydrogen-bond acceptors (Lipinski definition) is 1. The van der Waals surface area contributed by atoms with Crippen LogP contribution in [0.4, 0.5) is 0 Å². The maximum atomic E-state index is 8.83. The van der Waals surface area contributed by atoms with E-state index >= 15 is 0 Å². The van der Waals surface area contributed by atoms with Crippen molar-refractivity contribution in [2.75, 3.05) is 0 Å². The molecule has 0 spiro atoms. The number of hydrogen-bond donors (Lipinski definition) is 0. The van der Waals surface area contributed by atoms with Crippen LogP contribution in [0.5, 0.6) is 0 Å². The molecule has 0 amide bonds. The average molecular weight is 325 g/mol. The Labute approximate surface area is 151 Å². The fraction of sp³-hybridized carbons (Fsp3) is 0.292. The van der Waals surface area contributed by atoms with Crippen molar-refractivity contribution in [2.24, 2.45) is 0 Å². The number of rotatable bonds is 3. The van der Waals surface area contributed by atoms with E-state index < -0.39 is 0 Å². The van der Waals surface area contributed by atoms with Crippen molar-refractivity contribution in [1.82, 2.24) is 0 Å². The van der Waals surface area contributed by atoms with Gasteiger partial charge in [0.25, 0.3) is 0 Å². The van der Waals surface area contributed by atoms with Gasteiger partial charge in [-0.1, -0.05) is 55.5 Å². The van der Waals surface area contributed by atoms with Crippen molar-refractivity contribution >= 4 is 0 Å². The molecule has 1 unspecified atom stereocenters. The number of nitriles is 1. The van der Waals surface area contributed by atoms with Crippen molar-refractivity contribution in [3.63, 3.8) is 0 Å². The molecule has 1 aliphatic rings. The second-order valence-corrected chi connectivity index (χ2v) is 6.63. The summed E-state index contributed by atoms with van der Waals surface area (Å²) in [6.07, 6.45) is 7.95. The largest absolute Gasteiger partial charge is 0.192 e. The Hall–Kier alpha value is -2.77. The van der Waals surface area contributed by atoms with Crippen LogP contribution in [0.2, 0.25) is 0 Å². The molecule has 0 fully saturated rings. The zero-order valence-corrected chi connectivity index (χ0v) is 14.8. The third-order valence-electron chi connectivity index (χ3n) is 4.78. The molecule has 1 nitrogen and oxygen atoms in total. The lowest BCUT2D eigenvalue weighted by molar-refractivity contribution is 0.607. The standard InChI is InChI=1S/C24H23N/c1-2-3-19-10-14-23(15-11-19)24-16-12-21(13-17-24)5-4-20-6-8-22(18-25)9-7-20/h6-12,14-15,24H,2-3,13,16-17H2,1H3. The normalized spacial score (nSPS) is 16.3. The maximum absolute atomic E-state index is 8.83. The summed E-state index contributed by atoms with van der Waals surface area (Å²) in [4.78, 5) is 0. The Morgan fingerprint density at radius 2 is 1.68 bits per heavy atom. The van der Waals surface area contributed by atoms with Crippen molar-refractivity contribution in [2.45, 2.75) is 44.9 Å². The van der Waals surface area contributed by atoms with E-state index in [9.17, 15) is 0 Å². The molecule has 0 bridgehead atoms. The average Bonchev–Trinajstić information content (AvgIpc) is 2.68. The molecule has 0 N–H and O–H groups in total. The minimum atomic E-state index is 0.621. The van der Waals surface area contributed by atoms with Gasteiger partial charge in [0, 0.05) is 5.56 Å². The van der Waals surface area contributed by atoms with E-state index in [4.69, 9.17) is 5.26 Å². The van der Waals surface area contributed by atoms with Gasteiger partial charge in [0.1, 0.15) is 0 Å². The van der Waals surface area contributed by atoms with Crippen LogP contribution >= 0.6 is 0 Å². The van der Waals surface area contributed by atoms with Gasteiger partial charge in [0.15, 0.2) is 0 Å². The highest BCUT2D eigenvalue weighted by molar-refractivity contribution is 5.44. The summed E-state index contributed by atoms with van der Waals surface area (Å²) in [5, 5.41) is 8.83. The molecule has 0 aromatic heterocycles. The second kappa shape index (κ2) is 8.36. The van der Waals surface area contributed by atoms with Crippen molar-refractivity contribution in [3.8, 4) is 17.9 Å². The minimum absolute atomic E-state index is 0.621. The van der Waals surface area contributed by atoms with Crippen molar-refractivity contribution in [1.29, 1.82) is 5.26 Å². The Morgan fingerprint density at radius 3 is 2.28 bits per heavy atom. The molecule has 0 saturated heterocycles. The van der Waals surface area contributed by atoms with E-state index in [0.717, 1.165) is 18.4 Å². The Morgan fingerprint density at radius 1 is 0.960 bits per heavy atom. The fourth-order valence-corrected chi connectivity index (χ4v) is 3.28. The first-order valence-corrected chi connectivity index (χ1v) is 9.08. The maximum Gasteiger partial charge on any atom is 0.0991 e. The second-order valence-electron chi connectivity index (χ2n) is 6.63. The molecule has 124 valence electrons. The SMILES string of the molecule is CCCc1ccc(C2CC=C(C#Cc3ccc(C#N)cc3)CC2)cc1. The predicted molar refractivity (Wildman–Crippen MR) is 103 cm³/mol. The lowest BCUT2D eigenvalue weighted by Gasteiger charge is -2.20. The zero-order chi connectivity index (χ0) is 17.5. The molecule has 0 heterocycles. The molecule has 2 aromatic carbocycles. The summed E-state index contributed by atoms with van der Waals surface area (Å²) in [6.45, 7) is 2.22. The van der Waals surface area contributed by atoms with Gasteiger partial charge < -0.3 is 0 Å². The summed E-state index contributed by atoms with van der Waals surface area (Å²) >= 11 is 0. The van der Waals surface area contributed by atoms with E-state index in [2.05, 4.69) is 55.2 Å². The molecular weight excluding hydrogens is 302 g/mol. The third kappa shape index (κ3) is 4.62. The monoisotopic (exact) mass is 325 g/mol. The minimum Gasteiger partial charge on any atom is -0.192 e. The number of benzene rings is 2. The first-order valence-electron chi connectivity index (χ1n) is 9.08. The van der Waals surface area contributed by atoms with E-state index in [1.54, 1.807) is 0 Å². The molecule has 1 atom stereocenters. The van der Waals surface area contributed by atoms with Crippen LogP contribution in [0.3, 0.4) is 0 Å². The van der Waals surface area contributed by atoms with Crippen LogP contribution in [0, 0.1) is 23.2 Å². The van der Waals surface area contributed by atoms with Gasteiger partial charge >= 0.3 is 0 Å². The number of nitrogens with zero attached hydrogens (tertiary/aromatic N) is 1. The van der Waals surface area contributed by atoms with E-state index in [1.165, 1.54) is 36.0 Å². The molecule has 3 rings (SSSR count). The van der Waals surface area contributed by atoms with E-state index in [-0.39, 0.29) is 0 Å². The van der Waals surface area contributed by atoms with Gasteiger partial charge in [-0.15, -0.1) is 0 Å². The summed E-state index contributed by atoms with van der Waals surface area (Å²) in [7, 11) is 0. The van der Waals surface area contributed by atoms with Crippen LogP contribution in [-0.4, -0.2) is 0 Å². The summed E-state index contributed by atoms with van der Waals surface area (Å²) < 4.78 is 0. The third-order valence-corrected chi connectivity index (χ3v) is 4.78. The lowest BCUT2D eigenvalue weighted by atomic mass is 9.84. The highest BCUT2D eigenvalue weighted by Crippen LogP contribution is 2.32. The molecule has 1 heteroatoms. The van der Waals surface area contributed by atoms with Gasteiger partial charge in [0.2, 0.25) is 0 Å². The smallest absolute Gasteiger partial charge is 0.0991 e. The molecule has 1 aliphatic carbocycles. The molecule has 0 aliphatic heterocycles. The summed E-state index contributed by atoms with van der Waals surface area (Å²) in [6, 6.07) is 18.8. The van der Waals surface area contributed by atoms with E-state index in [1.807, 2.05) is 24.3 Å². The van der Waals surface area contributed by atoms with Crippen LogP contribution in [0.1, 0.15) is 60.8 Å². The fourth-order valence-electron chi connectivity index (χ4n) is 3.28. The summed E-state index contributed by atoms with van der Waals surface area (Å²) in [5.74, 6) is 7.14. The molecule has 0 radical (unpaired) electrons. The highest BCUT2D eigenvalue weighted by Gasteiger charge is 2.15. The van der Waals surface area contributed by atoms with E-state index in [0.29, 0.717) is 11.5 Å². The molecular formula is C24H23N. The molecule has 0 saturated carbocycles. The van der Waals surface area contributed by atoms with Crippen molar-refractivity contribution in [3.05, 3.63) is 82.4 Å². The lowest BCUT2D eigenvalue weighted by Crippen LogP contribution is -2.04. The highest BCUT2D eigenvalue weighted by atomic mass is 14.2. The number of aryl methyl sites for hydroxylation is 1. The van der Waals surface area contributed by atoms with Gasteiger partial charge in [-0.2, -0.15) is 5.26 Å². The van der Waals surface area contributed by atoms with Gasteiger partial charge in [-0.3, -0.25) is 0 Å². The topological polar surface area (TPSA) is 23.8 Å². The van der Waals surface area contributed by atoms with Crippen LogP contribution in [0.25, 0.3) is 0 Å². The molecule has 25 heavy (non-hydrogen) atoms. The van der Waals surface area contributed by atoms with Crippen LogP contribution in [0.15, 0.2) is 60.2 Å². The molecule has 2 aromatic rings. The number of allylic oxidation sites excluding steroid dienone is 2. The predicted octanol–water partition coefficient (Wildman–Crippen LogP) is 5.76. The van der Waals surface area contributed by atoms with Crippen LogP contribution < -0.4 is 0 Å². The Bertz CT molecular complexity index is 836.